The van der Waals surface area contributed by atoms with Gasteiger partial charge in [0.25, 0.3) is 11.8 Å². The van der Waals surface area contributed by atoms with Gasteiger partial charge >= 0.3 is 0 Å². The van der Waals surface area contributed by atoms with Crippen molar-refractivity contribution >= 4 is 23.5 Å². The van der Waals surface area contributed by atoms with Crippen molar-refractivity contribution in [1.82, 2.24) is 30.7 Å². The van der Waals surface area contributed by atoms with Gasteiger partial charge in [-0.05, 0) is 75.6 Å². The molecule has 242 valence electrons. The van der Waals surface area contributed by atoms with E-state index in [0.29, 0.717) is 47.3 Å². The van der Waals surface area contributed by atoms with Gasteiger partial charge in [0.05, 0.1) is 12.8 Å². The van der Waals surface area contributed by atoms with Crippen molar-refractivity contribution in [3.8, 4) is 17.1 Å². The lowest BCUT2D eigenvalue weighted by molar-refractivity contribution is 0.0906. The number of carbonyl (C=O) groups is 2. The number of piperidine rings is 1. The molecule has 0 atom stereocenters. The van der Waals surface area contributed by atoms with Crippen LogP contribution >= 0.6 is 0 Å². The maximum Gasteiger partial charge on any atom is 0.290 e. The Balaban J connectivity index is 0.00000204. The van der Waals surface area contributed by atoms with Crippen LogP contribution in [-0.2, 0) is 18.4 Å². The maximum atomic E-state index is 13.1. The standard InChI is InChI=1S/C33H37N7O4.CH5N/c1-33(2)17-23-27(39-44-29(23)31(42)34-18-20-8-6-5-7-9-20)28-24(33)19-35-32(38-28)37-25-11-10-21(16-26(25)43-4)30(41)36-22-12-14-40(3)15-13-22;1-2/h5-11,16,19,22H,12-15,17-18H2,1-4H3,(H,34,42)(H,36,41)(H,35,37,38);2H2,1H3. The summed E-state index contributed by atoms with van der Waals surface area (Å²) in [6.45, 7) is 6.48. The Kier molecular flexibility index (Phi) is 9.98. The third-order valence-electron chi connectivity index (χ3n) is 8.42. The van der Waals surface area contributed by atoms with Crippen molar-refractivity contribution in [2.75, 3.05) is 39.6 Å². The molecule has 2 aromatic carbocycles. The van der Waals surface area contributed by atoms with Gasteiger partial charge in [0.1, 0.15) is 17.1 Å². The van der Waals surface area contributed by atoms with Gasteiger partial charge in [-0.15, -0.1) is 0 Å². The lowest BCUT2D eigenvalue weighted by atomic mass is 9.74. The van der Waals surface area contributed by atoms with Gasteiger partial charge in [-0.25, -0.2) is 9.97 Å². The van der Waals surface area contributed by atoms with Crippen LogP contribution in [0.2, 0.25) is 0 Å². The number of anilines is 2. The Morgan fingerprint density at radius 2 is 1.80 bits per heavy atom. The first-order valence-corrected chi connectivity index (χ1v) is 15.4. The van der Waals surface area contributed by atoms with Crippen LogP contribution in [0.25, 0.3) is 11.4 Å². The van der Waals surface area contributed by atoms with Gasteiger partial charge in [-0.3, -0.25) is 9.59 Å². The summed E-state index contributed by atoms with van der Waals surface area (Å²) in [5, 5.41) is 13.6. The van der Waals surface area contributed by atoms with Crippen molar-refractivity contribution < 1.29 is 18.8 Å². The molecule has 0 bridgehead atoms. The summed E-state index contributed by atoms with van der Waals surface area (Å²) in [6.07, 6.45) is 4.20. The van der Waals surface area contributed by atoms with E-state index in [4.69, 9.17) is 14.2 Å². The molecule has 12 heteroatoms. The van der Waals surface area contributed by atoms with Crippen LogP contribution in [-0.4, -0.2) is 72.2 Å². The molecule has 0 unspecified atom stereocenters. The van der Waals surface area contributed by atoms with E-state index in [1.165, 1.54) is 7.05 Å². The van der Waals surface area contributed by atoms with Crippen molar-refractivity contribution in [2.24, 2.45) is 5.73 Å². The smallest absolute Gasteiger partial charge is 0.290 e. The van der Waals surface area contributed by atoms with E-state index in [1.807, 2.05) is 30.3 Å². The van der Waals surface area contributed by atoms with Crippen LogP contribution in [0.15, 0.2) is 59.3 Å². The number of fused-ring (bicyclic) bond motifs is 3. The second kappa shape index (κ2) is 14.1. The Hall–Kier alpha value is -4.81. The number of rotatable bonds is 8. The van der Waals surface area contributed by atoms with Crippen molar-refractivity contribution in [3.05, 3.63) is 82.7 Å². The number of amides is 2. The summed E-state index contributed by atoms with van der Waals surface area (Å²) >= 11 is 0. The minimum absolute atomic E-state index is 0.126. The lowest BCUT2D eigenvalue weighted by Gasteiger charge is -2.30. The molecule has 2 amide bonds. The van der Waals surface area contributed by atoms with Gasteiger partial charge in [-0.2, -0.15) is 0 Å². The quantitative estimate of drug-likeness (QED) is 0.225. The lowest BCUT2D eigenvalue weighted by Crippen LogP contribution is -2.43. The molecule has 2 aliphatic rings. The highest BCUT2D eigenvalue weighted by Gasteiger charge is 2.38. The van der Waals surface area contributed by atoms with Crippen LogP contribution in [0, 0.1) is 0 Å². The largest absolute Gasteiger partial charge is 0.495 e. The number of nitrogens with two attached hydrogens (primary N) is 1. The molecule has 46 heavy (non-hydrogen) atoms. The fraction of sp³-hybridized carbons (Fsp3) is 0.382. The first-order valence-electron chi connectivity index (χ1n) is 15.4. The van der Waals surface area contributed by atoms with Crippen LogP contribution in [0.1, 0.15) is 64.3 Å². The SMILES string of the molecule is CN.COc1cc(C(=O)NC2CCN(C)CC2)ccc1Nc1ncc2c(n1)-c1noc(C(=O)NCc3ccccc3)c1CC2(C)C. The normalized spacial score (nSPS) is 15.4. The van der Waals surface area contributed by atoms with Gasteiger partial charge < -0.3 is 35.8 Å². The number of methoxy groups -OCH3 is 1. The topological polar surface area (TPSA) is 161 Å². The second-order valence-corrected chi connectivity index (χ2v) is 12.1. The van der Waals surface area contributed by atoms with E-state index >= 15 is 0 Å². The molecule has 0 spiro atoms. The minimum Gasteiger partial charge on any atom is -0.495 e. The van der Waals surface area contributed by atoms with Crippen LogP contribution in [0.4, 0.5) is 11.6 Å². The number of nitrogens with one attached hydrogen (secondary N) is 3. The highest BCUT2D eigenvalue weighted by atomic mass is 16.5. The third-order valence-corrected chi connectivity index (χ3v) is 8.42. The van der Waals surface area contributed by atoms with E-state index in [2.05, 4.69) is 57.6 Å². The average molecular weight is 627 g/mol. The first kappa shape index (κ1) is 32.6. The zero-order chi connectivity index (χ0) is 32.8. The predicted molar refractivity (Wildman–Crippen MR) is 176 cm³/mol. The van der Waals surface area contributed by atoms with Gasteiger partial charge in [0, 0.05) is 35.5 Å². The van der Waals surface area contributed by atoms with E-state index in [-0.39, 0.29) is 29.0 Å². The molecule has 12 nitrogen and oxygen atoms in total. The summed E-state index contributed by atoms with van der Waals surface area (Å²) in [5.74, 6) is 0.561. The maximum absolute atomic E-state index is 13.1. The molecule has 2 aromatic heterocycles. The number of benzene rings is 2. The second-order valence-electron chi connectivity index (χ2n) is 12.1. The van der Waals surface area contributed by atoms with Crippen molar-refractivity contribution in [2.45, 2.75) is 51.1 Å². The average Bonchev–Trinajstić information content (AvgIpc) is 3.49. The summed E-state index contributed by atoms with van der Waals surface area (Å²) in [4.78, 5) is 37.7. The highest BCUT2D eigenvalue weighted by Crippen LogP contribution is 2.43. The summed E-state index contributed by atoms with van der Waals surface area (Å²) in [5.41, 5.74) is 9.02. The van der Waals surface area contributed by atoms with Crippen LogP contribution in [0.3, 0.4) is 0 Å². The number of likely N-dealkylation sites (tertiary alicyclic amines) is 1. The summed E-state index contributed by atoms with van der Waals surface area (Å²) in [6, 6.07) is 15.1. The summed E-state index contributed by atoms with van der Waals surface area (Å²) in [7, 11) is 5.15. The van der Waals surface area contributed by atoms with Gasteiger partial charge in [-0.1, -0.05) is 49.3 Å². The Bertz CT molecular complexity index is 1680. The molecule has 1 fully saturated rings. The predicted octanol–water partition coefficient (Wildman–Crippen LogP) is 4.05. The molecular weight excluding hydrogens is 584 g/mol. The molecule has 1 aliphatic heterocycles. The molecule has 0 radical (unpaired) electrons. The molecule has 1 saturated heterocycles. The van der Waals surface area contributed by atoms with Crippen LogP contribution in [0.5, 0.6) is 5.75 Å². The van der Waals surface area contributed by atoms with E-state index < -0.39 is 0 Å². The summed E-state index contributed by atoms with van der Waals surface area (Å²) < 4.78 is 11.2. The third kappa shape index (κ3) is 7.03. The van der Waals surface area contributed by atoms with Crippen molar-refractivity contribution in [3.63, 3.8) is 0 Å². The van der Waals surface area contributed by atoms with Crippen molar-refractivity contribution in [1.29, 1.82) is 0 Å². The van der Waals surface area contributed by atoms with E-state index in [9.17, 15) is 9.59 Å². The number of hydrogen-bond acceptors (Lipinski definition) is 10. The zero-order valence-electron chi connectivity index (χ0n) is 27.0. The Labute approximate surface area is 269 Å². The highest BCUT2D eigenvalue weighted by molar-refractivity contribution is 5.96. The number of carbonyl (C=O) groups excluding carboxylic acids is 2. The Morgan fingerprint density at radius 3 is 2.52 bits per heavy atom. The zero-order valence-corrected chi connectivity index (χ0v) is 27.0. The number of nitrogens with zero attached hydrogens (tertiary/aromatic N) is 4. The van der Waals surface area contributed by atoms with Gasteiger partial charge in [0.2, 0.25) is 11.7 Å². The molecule has 1 aliphatic carbocycles. The Morgan fingerprint density at radius 1 is 1.07 bits per heavy atom. The van der Waals surface area contributed by atoms with Crippen LogP contribution < -0.4 is 26.4 Å². The number of ether oxygens (including phenoxy) is 1. The molecule has 3 heterocycles. The molecular formula is C34H42N8O4. The van der Waals surface area contributed by atoms with Gasteiger partial charge in [0.15, 0.2) is 0 Å². The minimum atomic E-state index is -0.360. The number of hydrogen-bond donors (Lipinski definition) is 4. The molecule has 6 rings (SSSR count). The molecule has 0 saturated carbocycles. The first-order chi connectivity index (χ1) is 22.2. The fourth-order valence-corrected chi connectivity index (χ4v) is 5.83. The fourth-order valence-electron chi connectivity index (χ4n) is 5.83. The van der Waals surface area contributed by atoms with E-state index in [1.54, 1.807) is 31.5 Å². The monoisotopic (exact) mass is 626 g/mol. The molecule has 5 N–H and O–H groups in total. The molecule has 4 aromatic rings. The number of aromatic nitrogens is 3. The van der Waals surface area contributed by atoms with E-state index in [0.717, 1.165) is 42.6 Å².